The molecule has 1 aromatic heterocycles. The van der Waals surface area contributed by atoms with Gasteiger partial charge in [0.05, 0.1) is 16.4 Å². The first kappa shape index (κ1) is 13.2. The number of hydrogen-bond acceptors (Lipinski definition) is 3. The number of aryl methyl sites for hydroxylation is 2. The second-order valence-corrected chi connectivity index (χ2v) is 6.33. The summed E-state index contributed by atoms with van der Waals surface area (Å²) in [6.07, 6.45) is 4.24. The van der Waals surface area contributed by atoms with Gasteiger partial charge < -0.3 is 5.73 Å². The van der Waals surface area contributed by atoms with Crippen molar-refractivity contribution in [2.24, 2.45) is 12.8 Å². The van der Waals surface area contributed by atoms with Crippen LogP contribution in [-0.2, 0) is 19.9 Å². The molecule has 2 atom stereocenters. The molecular weight excluding hydrogens is 254 g/mol. The van der Waals surface area contributed by atoms with Gasteiger partial charge in [-0.2, -0.15) is 16.9 Å². The molecule has 2 unspecified atom stereocenters. The maximum Gasteiger partial charge on any atom is 0.0850 e. The molecule has 1 aliphatic heterocycles. The Balaban J connectivity index is 2.09. The summed E-state index contributed by atoms with van der Waals surface area (Å²) in [5.41, 5.74) is 8.35. The van der Waals surface area contributed by atoms with E-state index in [-0.39, 0.29) is 6.04 Å². The molecular formula is C12H20ClN3S. The van der Waals surface area contributed by atoms with Crippen LogP contribution in [0.5, 0.6) is 0 Å². The van der Waals surface area contributed by atoms with E-state index in [1.807, 2.05) is 23.5 Å². The fraction of sp³-hybridized carbons (Fsp3) is 0.750. The zero-order chi connectivity index (χ0) is 12.4. The van der Waals surface area contributed by atoms with Gasteiger partial charge in [0.25, 0.3) is 0 Å². The summed E-state index contributed by atoms with van der Waals surface area (Å²) < 4.78 is 1.89. The second kappa shape index (κ2) is 5.63. The van der Waals surface area contributed by atoms with E-state index in [1.54, 1.807) is 0 Å². The van der Waals surface area contributed by atoms with Crippen LogP contribution < -0.4 is 5.73 Å². The SMILES string of the molecule is CCc1nn(C)c(CC(N)C2CCCS2)c1Cl. The van der Waals surface area contributed by atoms with Gasteiger partial charge in [0.2, 0.25) is 0 Å². The van der Waals surface area contributed by atoms with Gasteiger partial charge in [0, 0.05) is 24.8 Å². The minimum atomic E-state index is 0.195. The molecule has 1 aliphatic rings. The molecule has 96 valence electrons. The lowest BCUT2D eigenvalue weighted by atomic mass is 10.0. The van der Waals surface area contributed by atoms with E-state index in [1.165, 1.54) is 18.6 Å². The summed E-state index contributed by atoms with van der Waals surface area (Å²) in [5.74, 6) is 1.25. The molecule has 0 spiro atoms. The van der Waals surface area contributed by atoms with Crippen LogP contribution >= 0.6 is 23.4 Å². The summed E-state index contributed by atoms with van der Waals surface area (Å²) in [6.45, 7) is 2.07. The van der Waals surface area contributed by atoms with E-state index >= 15 is 0 Å². The maximum atomic E-state index is 6.33. The molecule has 0 aliphatic carbocycles. The molecule has 1 saturated heterocycles. The minimum Gasteiger partial charge on any atom is -0.326 e. The van der Waals surface area contributed by atoms with Gasteiger partial charge in [-0.3, -0.25) is 4.68 Å². The van der Waals surface area contributed by atoms with Crippen LogP contribution in [0.25, 0.3) is 0 Å². The van der Waals surface area contributed by atoms with Gasteiger partial charge in [0.1, 0.15) is 0 Å². The monoisotopic (exact) mass is 273 g/mol. The summed E-state index contributed by atoms with van der Waals surface area (Å²) in [5, 5.41) is 5.83. The van der Waals surface area contributed by atoms with Crippen LogP contribution in [0.2, 0.25) is 5.02 Å². The van der Waals surface area contributed by atoms with Crippen LogP contribution in [0, 0.1) is 0 Å². The molecule has 1 fully saturated rings. The predicted molar refractivity (Wildman–Crippen MR) is 74.8 cm³/mol. The Hall–Kier alpha value is -0.190. The Morgan fingerprint density at radius 1 is 1.65 bits per heavy atom. The molecule has 0 saturated carbocycles. The number of hydrogen-bond donors (Lipinski definition) is 1. The van der Waals surface area contributed by atoms with Gasteiger partial charge in [-0.05, 0) is 25.0 Å². The molecule has 5 heteroatoms. The third-order valence-corrected chi connectivity index (χ3v) is 5.35. The van der Waals surface area contributed by atoms with E-state index in [4.69, 9.17) is 17.3 Å². The van der Waals surface area contributed by atoms with Crippen molar-refractivity contribution in [2.75, 3.05) is 5.75 Å². The van der Waals surface area contributed by atoms with E-state index in [9.17, 15) is 0 Å². The Kier molecular flexibility index (Phi) is 4.39. The predicted octanol–water partition coefficient (Wildman–Crippen LogP) is 2.40. The summed E-state index contributed by atoms with van der Waals surface area (Å²) in [4.78, 5) is 0. The Labute approximate surface area is 112 Å². The van der Waals surface area contributed by atoms with Crippen LogP contribution in [0.15, 0.2) is 0 Å². The normalized spacial score (nSPS) is 22.0. The number of thioether (sulfide) groups is 1. The first-order valence-corrected chi connectivity index (χ1v) is 7.63. The fourth-order valence-electron chi connectivity index (χ4n) is 2.34. The summed E-state index contributed by atoms with van der Waals surface area (Å²) in [7, 11) is 1.95. The van der Waals surface area contributed by atoms with Crippen molar-refractivity contribution in [1.29, 1.82) is 0 Å². The number of aromatic nitrogens is 2. The molecule has 17 heavy (non-hydrogen) atoms. The maximum absolute atomic E-state index is 6.33. The Morgan fingerprint density at radius 2 is 2.41 bits per heavy atom. The summed E-state index contributed by atoms with van der Waals surface area (Å²) >= 11 is 8.33. The van der Waals surface area contributed by atoms with Gasteiger partial charge in [0.15, 0.2) is 0 Å². The minimum absolute atomic E-state index is 0.195. The lowest BCUT2D eigenvalue weighted by molar-refractivity contribution is 0.578. The Morgan fingerprint density at radius 3 is 2.94 bits per heavy atom. The molecule has 0 bridgehead atoms. The van der Waals surface area contributed by atoms with E-state index < -0.39 is 0 Å². The molecule has 2 heterocycles. The van der Waals surface area contributed by atoms with Crippen molar-refractivity contribution in [3.05, 3.63) is 16.4 Å². The third-order valence-electron chi connectivity index (χ3n) is 3.37. The molecule has 0 amide bonds. The molecule has 2 rings (SSSR count). The van der Waals surface area contributed by atoms with Crippen molar-refractivity contribution in [2.45, 2.75) is 43.9 Å². The van der Waals surface area contributed by atoms with Crippen molar-refractivity contribution >= 4 is 23.4 Å². The largest absolute Gasteiger partial charge is 0.326 e. The first-order valence-electron chi connectivity index (χ1n) is 6.21. The fourth-order valence-corrected chi connectivity index (χ4v) is 4.02. The molecule has 1 aromatic rings. The van der Waals surface area contributed by atoms with Crippen molar-refractivity contribution < 1.29 is 0 Å². The highest BCUT2D eigenvalue weighted by molar-refractivity contribution is 8.00. The van der Waals surface area contributed by atoms with Crippen molar-refractivity contribution in [3.63, 3.8) is 0 Å². The zero-order valence-electron chi connectivity index (χ0n) is 10.4. The number of nitrogens with two attached hydrogens (primary N) is 1. The topological polar surface area (TPSA) is 43.8 Å². The highest BCUT2D eigenvalue weighted by atomic mass is 35.5. The van der Waals surface area contributed by atoms with Gasteiger partial charge >= 0.3 is 0 Å². The standard InChI is InChI=1S/C12H20ClN3S/c1-3-9-12(13)10(16(2)15-9)7-8(14)11-5-4-6-17-11/h8,11H,3-7,14H2,1-2H3. The number of rotatable bonds is 4. The van der Waals surface area contributed by atoms with Crippen LogP contribution in [0.4, 0.5) is 0 Å². The lowest BCUT2D eigenvalue weighted by Gasteiger charge is -2.18. The third kappa shape index (κ3) is 2.80. The van der Waals surface area contributed by atoms with Gasteiger partial charge in [-0.15, -0.1) is 0 Å². The molecule has 0 radical (unpaired) electrons. The van der Waals surface area contributed by atoms with E-state index in [2.05, 4.69) is 12.0 Å². The van der Waals surface area contributed by atoms with Gasteiger partial charge in [-0.1, -0.05) is 18.5 Å². The molecule has 3 nitrogen and oxygen atoms in total. The second-order valence-electron chi connectivity index (χ2n) is 4.60. The Bertz CT molecular complexity index is 385. The van der Waals surface area contributed by atoms with Crippen molar-refractivity contribution in [1.82, 2.24) is 9.78 Å². The molecule has 0 aromatic carbocycles. The summed E-state index contributed by atoms with van der Waals surface area (Å²) in [6, 6.07) is 0.195. The smallest absolute Gasteiger partial charge is 0.0850 e. The van der Waals surface area contributed by atoms with E-state index in [0.29, 0.717) is 5.25 Å². The molecule has 2 N–H and O–H groups in total. The van der Waals surface area contributed by atoms with Crippen LogP contribution in [0.3, 0.4) is 0 Å². The average molecular weight is 274 g/mol. The van der Waals surface area contributed by atoms with Crippen LogP contribution in [-0.4, -0.2) is 26.8 Å². The first-order chi connectivity index (χ1) is 8.13. The highest BCUT2D eigenvalue weighted by Crippen LogP contribution is 2.30. The van der Waals surface area contributed by atoms with Gasteiger partial charge in [-0.25, -0.2) is 0 Å². The van der Waals surface area contributed by atoms with Crippen molar-refractivity contribution in [3.8, 4) is 0 Å². The lowest BCUT2D eigenvalue weighted by Crippen LogP contribution is -2.33. The zero-order valence-corrected chi connectivity index (χ0v) is 12.0. The quantitative estimate of drug-likeness (QED) is 0.916. The number of halogens is 1. The average Bonchev–Trinajstić information content (AvgIpc) is 2.92. The number of nitrogens with zero attached hydrogens (tertiary/aromatic N) is 2. The van der Waals surface area contributed by atoms with E-state index in [0.717, 1.165) is 29.3 Å². The van der Waals surface area contributed by atoms with Crippen LogP contribution in [0.1, 0.15) is 31.2 Å². The highest BCUT2D eigenvalue weighted by Gasteiger charge is 2.25.